The summed E-state index contributed by atoms with van der Waals surface area (Å²) in [6.45, 7) is 4.57. The van der Waals surface area contributed by atoms with E-state index in [1.165, 1.54) is 24.7 Å². The molecule has 108 valence electrons. The van der Waals surface area contributed by atoms with Gasteiger partial charge in [0.1, 0.15) is 0 Å². The Kier molecular flexibility index (Phi) is 3.76. The molecule has 1 aliphatic carbocycles. The van der Waals surface area contributed by atoms with E-state index in [1.54, 1.807) is 0 Å². The summed E-state index contributed by atoms with van der Waals surface area (Å²) in [6.07, 6.45) is 2.24. The fraction of sp³-hybridized carbons (Fsp3) is 0.562. The van der Waals surface area contributed by atoms with Crippen molar-refractivity contribution in [3.05, 3.63) is 34.9 Å². The first-order chi connectivity index (χ1) is 9.69. The molecule has 4 nitrogen and oxygen atoms in total. The molecule has 0 saturated carbocycles. The quantitative estimate of drug-likeness (QED) is 0.769. The Balaban J connectivity index is 1.78. The number of fused-ring (bicyclic) bond motifs is 1. The van der Waals surface area contributed by atoms with E-state index in [0.29, 0.717) is 11.6 Å². The molecular formula is C16H22N2O2. The Hall–Kier alpha value is -1.39. The van der Waals surface area contributed by atoms with Crippen LogP contribution in [0.3, 0.4) is 0 Å². The highest BCUT2D eigenvalue weighted by molar-refractivity contribution is 5.89. The van der Waals surface area contributed by atoms with Gasteiger partial charge in [-0.05, 0) is 43.1 Å². The third kappa shape index (κ3) is 2.45. The first kappa shape index (κ1) is 13.6. The number of carbonyl (C=O) groups is 1. The average Bonchev–Trinajstić information content (AvgIpc) is 2.90. The summed E-state index contributed by atoms with van der Waals surface area (Å²) in [4.78, 5) is 16.6. The zero-order valence-electron chi connectivity index (χ0n) is 12.3. The van der Waals surface area contributed by atoms with Crippen LogP contribution in [0.25, 0.3) is 0 Å². The second-order valence-electron chi connectivity index (χ2n) is 5.80. The van der Waals surface area contributed by atoms with E-state index < -0.39 is 0 Å². The Morgan fingerprint density at radius 2 is 2.00 bits per heavy atom. The zero-order chi connectivity index (χ0) is 14.1. The van der Waals surface area contributed by atoms with E-state index >= 15 is 0 Å². The maximum absolute atomic E-state index is 11.6. The fourth-order valence-corrected chi connectivity index (χ4v) is 3.35. The summed E-state index contributed by atoms with van der Waals surface area (Å²) < 4.78 is 4.80. The number of methoxy groups -OCH3 is 1. The molecular weight excluding hydrogens is 252 g/mol. The van der Waals surface area contributed by atoms with Crippen LogP contribution in [-0.4, -0.2) is 56.1 Å². The molecule has 1 atom stereocenters. The van der Waals surface area contributed by atoms with Crippen molar-refractivity contribution >= 4 is 5.97 Å². The van der Waals surface area contributed by atoms with E-state index in [0.717, 1.165) is 32.6 Å². The van der Waals surface area contributed by atoms with Gasteiger partial charge in [0.25, 0.3) is 0 Å². The van der Waals surface area contributed by atoms with Gasteiger partial charge in [0.2, 0.25) is 0 Å². The molecule has 1 unspecified atom stereocenters. The molecule has 0 aromatic heterocycles. The Morgan fingerprint density at radius 3 is 2.70 bits per heavy atom. The second kappa shape index (κ2) is 5.54. The molecule has 0 amide bonds. The standard InChI is InChI=1S/C16H22N2O2/c1-17-7-9-18(10-8-17)15-6-4-12-11-13(16(19)20-2)3-5-14(12)15/h3,5,11,15H,4,6-10H2,1-2H3. The monoisotopic (exact) mass is 274 g/mol. The summed E-state index contributed by atoms with van der Waals surface area (Å²) in [5, 5.41) is 0. The van der Waals surface area contributed by atoms with Crippen LogP contribution in [0.15, 0.2) is 18.2 Å². The van der Waals surface area contributed by atoms with Crippen molar-refractivity contribution in [3.8, 4) is 0 Å². The minimum Gasteiger partial charge on any atom is -0.465 e. The lowest BCUT2D eigenvalue weighted by Gasteiger charge is -2.36. The van der Waals surface area contributed by atoms with E-state index in [4.69, 9.17) is 4.74 Å². The van der Waals surface area contributed by atoms with Crippen LogP contribution in [0.4, 0.5) is 0 Å². The van der Waals surface area contributed by atoms with Crippen LogP contribution in [0.2, 0.25) is 0 Å². The van der Waals surface area contributed by atoms with Gasteiger partial charge in [-0.3, -0.25) is 4.90 Å². The number of rotatable bonds is 2. The number of piperazine rings is 1. The van der Waals surface area contributed by atoms with Gasteiger partial charge in [-0.2, -0.15) is 0 Å². The maximum Gasteiger partial charge on any atom is 0.337 e. The maximum atomic E-state index is 11.6. The largest absolute Gasteiger partial charge is 0.465 e. The SMILES string of the molecule is COC(=O)c1ccc2c(c1)CCC2N1CCN(C)CC1. The van der Waals surface area contributed by atoms with Gasteiger partial charge >= 0.3 is 5.97 Å². The van der Waals surface area contributed by atoms with Crippen molar-refractivity contribution < 1.29 is 9.53 Å². The molecule has 1 fully saturated rings. The highest BCUT2D eigenvalue weighted by Gasteiger charge is 2.30. The summed E-state index contributed by atoms with van der Waals surface area (Å²) >= 11 is 0. The molecule has 0 spiro atoms. The minimum absolute atomic E-state index is 0.240. The fourth-order valence-electron chi connectivity index (χ4n) is 3.35. The van der Waals surface area contributed by atoms with Crippen molar-refractivity contribution in [2.24, 2.45) is 0 Å². The van der Waals surface area contributed by atoms with Gasteiger partial charge in [0.05, 0.1) is 12.7 Å². The number of nitrogens with zero attached hydrogens (tertiary/aromatic N) is 2. The molecule has 1 aromatic rings. The summed E-state index contributed by atoms with van der Waals surface area (Å²) in [5.41, 5.74) is 3.39. The smallest absolute Gasteiger partial charge is 0.337 e. The van der Waals surface area contributed by atoms with Gasteiger partial charge in [-0.15, -0.1) is 0 Å². The normalized spacial score (nSPS) is 23.6. The van der Waals surface area contributed by atoms with Gasteiger partial charge < -0.3 is 9.64 Å². The van der Waals surface area contributed by atoms with Crippen LogP contribution in [0.5, 0.6) is 0 Å². The molecule has 3 rings (SSSR count). The summed E-state index contributed by atoms with van der Waals surface area (Å²) in [6, 6.07) is 6.57. The average molecular weight is 274 g/mol. The van der Waals surface area contributed by atoms with Crippen molar-refractivity contribution in [1.82, 2.24) is 9.80 Å². The number of likely N-dealkylation sites (N-methyl/N-ethyl adjacent to an activating group) is 1. The van der Waals surface area contributed by atoms with Crippen LogP contribution in [0, 0.1) is 0 Å². The number of benzene rings is 1. The predicted molar refractivity (Wildman–Crippen MR) is 77.9 cm³/mol. The summed E-state index contributed by atoms with van der Waals surface area (Å²) in [5.74, 6) is -0.240. The van der Waals surface area contributed by atoms with Crippen LogP contribution in [0.1, 0.15) is 33.9 Å². The highest BCUT2D eigenvalue weighted by Crippen LogP contribution is 2.36. The molecule has 4 heteroatoms. The van der Waals surface area contributed by atoms with Crippen molar-refractivity contribution in [2.75, 3.05) is 40.3 Å². The predicted octanol–water partition coefficient (Wildman–Crippen LogP) is 1.71. The van der Waals surface area contributed by atoms with Crippen LogP contribution in [-0.2, 0) is 11.2 Å². The van der Waals surface area contributed by atoms with E-state index in [1.807, 2.05) is 12.1 Å². The summed E-state index contributed by atoms with van der Waals surface area (Å²) in [7, 11) is 3.62. The molecule has 20 heavy (non-hydrogen) atoms. The molecule has 1 aromatic carbocycles. The van der Waals surface area contributed by atoms with E-state index in [-0.39, 0.29) is 5.97 Å². The second-order valence-corrected chi connectivity index (χ2v) is 5.80. The molecule has 1 aliphatic heterocycles. The van der Waals surface area contributed by atoms with Gasteiger partial charge in [-0.1, -0.05) is 6.07 Å². The topological polar surface area (TPSA) is 32.8 Å². The molecule has 2 aliphatic rings. The molecule has 0 bridgehead atoms. The van der Waals surface area contributed by atoms with Gasteiger partial charge in [-0.25, -0.2) is 4.79 Å². The Morgan fingerprint density at radius 1 is 1.25 bits per heavy atom. The van der Waals surface area contributed by atoms with Crippen LogP contribution < -0.4 is 0 Å². The van der Waals surface area contributed by atoms with Gasteiger partial charge in [0.15, 0.2) is 0 Å². The molecule has 1 heterocycles. The number of hydrogen-bond acceptors (Lipinski definition) is 4. The zero-order valence-corrected chi connectivity index (χ0v) is 12.3. The number of aryl methyl sites for hydroxylation is 1. The third-order valence-corrected chi connectivity index (χ3v) is 4.59. The first-order valence-electron chi connectivity index (χ1n) is 7.33. The Bertz CT molecular complexity index is 507. The molecule has 0 radical (unpaired) electrons. The minimum atomic E-state index is -0.240. The van der Waals surface area contributed by atoms with Gasteiger partial charge in [0, 0.05) is 32.2 Å². The molecule has 0 N–H and O–H groups in total. The number of carbonyl (C=O) groups excluding carboxylic acids is 1. The van der Waals surface area contributed by atoms with Crippen molar-refractivity contribution in [3.63, 3.8) is 0 Å². The lowest BCUT2D eigenvalue weighted by Crippen LogP contribution is -2.45. The Labute approximate surface area is 120 Å². The number of hydrogen-bond donors (Lipinski definition) is 0. The highest BCUT2D eigenvalue weighted by atomic mass is 16.5. The molecule has 1 saturated heterocycles. The van der Waals surface area contributed by atoms with E-state index in [9.17, 15) is 4.79 Å². The number of esters is 1. The number of ether oxygens (including phenoxy) is 1. The lowest BCUT2D eigenvalue weighted by atomic mass is 10.0. The van der Waals surface area contributed by atoms with Crippen molar-refractivity contribution in [1.29, 1.82) is 0 Å². The third-order valence-electron chi connectivity index (χ3n) is 4.59. The van der Waals surface area contributed by atoms with Crippen molar-refractivity contribution in [2.45, 2.75) is 18.9 Å². The van der Waals surface area contributed by atoms with Crippen LogP contribution >= 0.6 is 0 Å². The van der Waals surface area contributed by atoms with E-state index in [2.05, 4.69) is 22.9 Å². The lowest BCUT2D eigenvalue weighted by molar-refractivity contribution is 0.0600. The first-order valence-corrected chi connectivity index (χ1v) is 7.33.